The molecular weight excluding hydrogens is 336 g/mol. The molecule has 0 bridgehead atoms. The Bertz CT molecular complexity index is 880. The summed E-state index contributed by atoms with van der Waals surface area (Å²) in [6.45, 7) is -0.406. The second-order valence-electron chi connectivity index (χ2n) is 5.89. The minimum atomic E-state index is -0.963. The van der Waals surface area contributed by atoms with Crippen LogP contribution >= 0.6 is 11.6 Å². The third kappa shape index (κ3) is 3.99. The lowest BCUT2D eigenvalue weighted by Crippen LogP contribution is -2.44. The SMILES string of the molecule is NC(CO)C(=O)NC(c1ccc(Cl)cc1)c1ccc2ccccc2c1. The first-order valence-corrected chi connectivity index (χ1v) is 8.37. The quantitative estimate of drug-likeness (QED) is 0.659. The number of hydrogen-bond acceptors (Lipinski definition) is 3. The van der Waals surface area contributed by atoms with Crippen LogP contribution in [-0.4, -0.2) is 23.7 Å². The maximum atomic E-state index is 12.2. The van der Waals surface area contributed by atoms with Crippen molar-refractivity contribution >= 4 is 28.3 Å². The maximum Gasteiger partial charge on any atom is 0.240 e. The van der Waals surface area contributed by atoms with Gasteiger partial charge in [-0.25, -0.2) is 0 Å². The van der Waals surface area contributed by atoms with Gasteiger partial charge >= 0.3 is 0 Å². The lowest BCUT2D eigenvalue weighted by molar-refractivity contribution is -0.123. The molecule has 3 aromatic carbocycles. The second-order valence-corrected chi connectivity index (χ2v) is 6.33. The number of fused-ring (bicyclic) bond motifs is 1. The third-order valence-electron chi connectivity index (χ3n) is 4.13. The van der Waals surface area contributed by atoms with Crippen molar-refractivity contribution in [1.82, 2.24) is 5.32 Å². The Labute approximate surface area is 151 Å². The molecule has 4 N–H and O–H groups in total. The van der Waals surface area contributed by atoms with Crippen LogP contribution in [0, 0.1) is 0 Å². The molecule has 0 fully saturated rings. The summed E-state index contributed by atoms with van der Waals surface area (Å²) in [5.41, 5.74) is 7.47. The van der Waals surface area contributed by atoms with Gasteiger partial charge in [0.1, 0.15) is 6.04 Å². The fourth-order valence-electron chi connectivity index (χ4n) is 2.73. The molecular formula is C20H19ClN2O2. The van der Waals surface area contributed by atoms with Gasteiger partial charge < -0.3 is 16.2 Å². The average Bonchev–Trinajstić information content (AvgIpc) is 2.65. The Morgan fingerprint density at radius 1 is 1.00 bits per heavy atom. The molecule has 0 aliphatic rings. The molecule has 1 amide bonds. The van der Waals surface area contributed by atoms with Gasteiger partial charge in [-0.1, -0.05) is 60.1 Å². The Morgan fingerprint density at radius 2 is 1.64 bits per heavy atom. The Hall–Kier alpha value is -2.40. The zero-order valence-electron chi connectivity index (χ0n) is 13.5. The lowest BCUT2D eigenvalue weighted by atomic mass is 9.96. The number of rotatable bonds is 5. The first kappa shape index (κ1) is 17.4. The minimum absolute atomic E-state index is 0.382. The van der Waals surface area contributed by atoms with Gasteiger partial charge in [0.25, 0.3) is 0 Å². The van der Waals surface area contributed by atoms with Gasteiger partial charge in [-0.3, -0.25) is 4.79 Å². The molecule has 2 unspecified atom stereocenters. The minimum Gasteiger partial charge on any atom is -0.394 e. The molecule has 0 radical (unpaired) electrons. The molecule has 0 saturated heterocycles. The van der Waals surface area contributed by atoms with Gasteiger partial charge in [-0.2, -0.15) is 0 Å². The van der Waals surface area contributed by atoms with Gasteiger partial charge in [0.15, 0.2) is 0 Å². The number of benzene rings is 3. The van der Waals surface area contributed by atoms with Crippen molar-refractivity contribution < 1.29 is 9.90 Å². The van der Waals surface area contributed by atoms with E-state index >= 15 is 0 Å². The van der Waals surface area contributed by atoms with E-state index in [0.717, 1.165) is 21.9 Å². The van der Waals surface area contributed by atoms with Gasteiger partial charge in [0.2, 0.25) is 5.91 Å². The Balaban J connectivity index is 2.02. The monoisotopic (exact) mass is 354 g/mol. The van der Waals surface area contributed by atoms with E-state index in [4.69, 9.17) is 22.4 Å². The van der Waals surface area contributed by atoms with Crippen LogP contribution in [0.2, 0.25) is 5.02 Å². The highest BCUT2D eigenvalue weighted by Gasteiger charge is 2.20. The molecule has 128 valence electrons. The fraction of sp³-hybridized carbons (Fsp3) is 0.150. The molecule has 0 spiro atoms. The summed E-state index contributed by atoms with van der Waals surface area (Å²) >= 11 is 5.98. The number of aliphatic hydroxyl groups is 1. The number of halogens is 1. The van der Waals surface area contributed by atoms with Crippen molar-refractivity contribution in [2.45, 2.75) is 12.1 Å². The molecule has 0 aliphatic heterocycles. The Morgan fingerprint density at radius 3 is 2.32 bits per heavy atom. The number of carbonyl (C=O) groups is 1. The summed E-state index contributed by atoms with van der Waals surface area (Å²) in [6, 6.07) is 20.0. The van der Waals surface area contributed by atoms with Crippen LogP contribution in [0.3, 0.4) is 0 Å². The van der Waals surface area contributed by atoms with Gasteiger partial charge in [-0.05, 0) is 40.1 Å². The van der Waals surface area contributed by atoms with Crippen LogP contribution < -0.4 is 11.1 Å². The fourth-order valence-corrected chi connectivity index (χ4v) is 2.86. The molecule has 5 heteroatoms. The maximum absolute atomic E-state index is 12.2. The zero-order chi connectivity index (χ0) is 17.8. The number of aliphatic hydroxyl groups excluding tert-OH is 1. The largest absolute Gasteiger partial charge is 0.394 e. The van der Waals surface area contributed by atoms with E-state index in [9.17, 15) is 4.79 Å². The number of hydrogen-bond donors (Lipinski definition) is 3. The van der Waals surface area contributed by atoms with Gasteiger partial charge in [0.05, 0.1) is 12.6 Å². The van der Waals surface area contributed by atoms with Crippen molar-refractivity contribution in [2.24, 2.45) is 5.73 Å². The average molecular weight is 355 g/mol. The molecule has 3 aromatic rings. The highest BCUT2D eigenvalue weighted by molar-refractivity contribution is 6.30. The molecule has 3 rings (SSSR count). The van der Waals surface area contributed by atoms with Gasteiger partial charge in [0, 0.05) is 5.02 Å². The molecule has 0 heterocycles. The molecule has 2 atom stereocenters. The lowest BCUT2D eigenvalue weighted by Gasteiger charge is -2.22. The third-order valence-corrected chi connectivity index (χ3v) is 4.38. The van der Waals surface area contributed by atoms with E-state index in [-0.39, 0.29) is 6.04 Å². The predicted octanol–water partition coefficient (Wildman–Crippen LogP) is 3.02. The van der Waals surface area contributed by atoms with Crippen LogP contribution in [0.5, 0.6) is 0 Å². The zero-order valence-corrected chi connectivity index (χ0v) is 14.3. The number of nitrogens with two attached hydrogens (primary N) is 1. The highest BCUT2D eigenvalue weighted by Crippen LogP contribution is 2.26. The normalized spacial score (nSPS) is 13.4. The van der Waals surface area contributed by atoms with Crippen LogP contribution in [0.15, 0.2) is 66.7 Å². The summed E-state index contributed by atoms with van der Waals surface area (Å²) in [4.78, 5) is 12.2. The van der Waals surface area contributed by atoms with Crippen LogP contribution in [0.25, 0.3) is 10.8 Å². The summed E-state index contributed by atoms with van der Waals surface area (Å²) in [5.74, 6) is -0.407. The molecule has 0 aromatic heterocycles. The van der Waals surface area contributed by atoms with E-state index in [0.29, 0.717) is 5.02 Å². The van der Waals surface area contributed by atoms with E-state index in [1.165, 1.54) is 0 Å². The Kier molecular flexibility index (Phi) is 5.34. The van der Waals surface area contributed by atoms with Gasteiger partial charge in [-0.15, -0.1) is 0 Å². The predicted molar refractivity (Wildman–Crippen MR) is 100 cm³/mol. The van der Waals surface area contributed by atoms with Crippen molar-refractivity contribution in [1.29, 1.82) is 0 Å². The van der Waals surface area contributed by atoms with Crippen LogP contribution in [0.4, 0.5) is 0 Å². The summed E-state index contributed by atoms with van der Waals surface area (Å²) < 4.78 is 0. The van der Waals surface area contributed by atoms with E-state index < -0.39 is 18.6 Å². The standard InChI is InChI=1S/C20H19ClN2O2/c21-17-9-7-14(8-10-17)19(23-20(25)18(22)12-24)16-6-5-13-3-1-2-4-15(13)11-16/h1-11,18-19,24H,12,22H2,(H,23,25). The van der Waals surface area contributed by atoms with E-state index in [1.54, 1.807) is 12.1 Å². The highest BCUT2D eigenvalue weighted by atomic mass is 35.5. The molecule has 0 aliphatic carbocycles. The van der Waals surface area contributed by atoms with Crippen LogP contribution in [0.1, 0.15) is 17.2 Å². The van der Waals surface area contributed by atoms with E-state index in [2.05, 4.69) is 5.32 Å². The molecule has 0 saturated carbocycles. The number of amides is 1. The van der Waals surface area contributed by atoms with Crippen molar-refractivity contribution in [2.75, 3.05) is 6.61 Å². The first-order chi connectivity index (χ1) is 12.1. The van der Waals surface area contributed by atoms with Crippen molar-refractivity contribution in [3.63, 3.8) is 0 Å². The van der Waals surface area contributed by atoms with E-state index in [1.807, 2.05) is 54.6 Å². The first-order valence-electron chi connectivity index (χ1n) is 7.99. The number of carbonyl (C=O) groups excluding carboxylic acids is 1. The summed E-state index contributed by atoms with van der Waals surface area (Å²) in [5, 5.41) is 14.9. The van der Waals surface area contributed by atoms with Crippen molar-refractivity contribution in [3.05, 3.63) is 82.9 Å². The smallest absolute Gasteiger partial charge is 0.240 e. The second kappa shape index (κ2) is 7.66. The summed E-state index contributed by atoms with van der Waals surface area (Å²) in [6.07, 6.45) is 0. The number of nitrogens with one attached hydrogen (secondary N) is 1. The molecule has 25 heavy (non-hydrogen) atoms. The molecule has 4 nitrogen and oxygen atoms in total. The topological polar surface area (TPSA) is 75.3 Å². The van der Waals surface area contributed by atoms with Crippen LogP contribution in [-0.2, 0) is 4.79 Å². The summed E-state index contributed by atoms with van der Waals surface area (Å²) in [7, 11) is 0. The van der Waals surface area contributed by atoms with Crippen molar-refractivity contribution in [3.8, 4) is 0 Å².